The Balaban J connectivity index is 1.34. The van der Waals surface area contributed by atoms with E-state index < -0.39 is 11.4 Å². The van der Waals surface area contributed by atoms with E-state index in [2.05, 4.69) is 5.16 Å². The van der Waals surface area contributed by atoms with Crippen molar-refractivity contribution in [2.75, 3.05) is 31.1 Å². The zero-order valence-electron chi connectivity index (χ0n) is 16.0. The van der Waals surface area contributed by atoms with Gasteiger partial charge in [-0.2, -0.15) is 0 Å². The number of nitrogens with zero attached hydrogens (tertiary/aromatic N) is 3. The number of rotatable bonds is 3. The van der Waals surface area contributed by atoms with E-state index in [1.54, 1.807) is 28.0 Å². The molecule has 3 heterocycles. The number of hydrogen-bond acceptors (Lipinski definition) is 5. The van der Waals surface area contributed by atoms with Gasteiger partial charge in [-0.25, -0.2) is 4.39 Å². The standard InChI is InChI=1S/C21H22FN3O4/c22-15-3-1-4-16(9-15)25-13-21(28-11-19(25)26)7-2-8-24(12-21)20(27)17-10-18(29-23-17)14-5-6-14/h1,3-4,9-10,14H,2,5-8,11-13H2. The number of halogens is 1. The predicted molar refractivity (Wildman–Crippen MR) is 101 cm³/mol. The van der Waals surface area contributed by atoms with Gasteiger partial charge in [0.15, 0.2) is 5.69 Å². The lowest BCUT2D eigenvalue weighted by Gasteiger charge is -2.47. The average molecular weight is 399 g/mol. The molecule has 5 rings (SSSR count). The van der Waals surface area contributed by atoms with E-state index in [9.17, 15) is 14.0 Å². The Morgan fingerprint density at radius 2 is 2.10 bits per heavy atom. The molecule has 0 bridgehead atoms. The number of carbonyl (C=O) groups excluding carboxylic acids is 2. The van der Waals surface area contributed by atoms with Crippen LogP contribution in [-0.2, 0) is 9.53 Å². The molecule has 2 amide bonds. The molecule has 152 valence electrons. The fourth-order valence-corrected chi connectivity index (χ4v) is 4.22. The third-order valence-electron chi connectivity index (χ3n) is 5.92. The van der Waals surface area contributed by atoms with Gasteiger partial charge in [0.2, 0.25) is 0 Å². The largest absolute Gasteiger partial charge is 0.361 e. The average Bonchev–Trinajstić information content (AvgIpc) is 3.46. The van der Waals surface area contributed by atoms with E-state index in [-0.39, 0.29) is 25.0 Å². The first-order valence-corrected chi connectivity index (χ1v) is 9.99. The van der Waals surface area contributed by atoms with Crippen LogP contribution in [0.5, 0.6) is 0 Å². The van der Waals surface area contributed by atoms with Crippen LogP contribution in [0.3, 0.4) is 0 Å². The van der Waals surface area contributed by atoms with Crippen LogP contribution in [0, 0.1) is 5.82 Å². The molecular formula is C21H22FN3O4. The molecule has 29 heavy (non-hydrogen) atoms. The number of amides is 2. The van der Waals surface area contributed by atoms with Crippen LogP contribution in [0.4, 0.5) is 10.1 Å². The molecule has 7 nitrogen and oxygen atoms in total. The number of morpholine rings is 1. The summed E-state index contributed by atoms with van der Waals surface area (Å²) in [6.45, 7) is 1.15. The van der Waals surface area contributed by atoms with Crippen LogP contribution >= 0.6 is 0 Å². The first-order valence-electron chi connectivity index (χ1n) is 9.99. The monoisotopic (exact) mass is 399 g/mol. The quantitative estimate of drug-likeness (QED) is 0.793. The van der Waals surface area contributed by atoms with Gasteiger partial charge in [-0.15, -0.1) is 0 Å². The fourth-order valence-electron chi connectivity index (χ4n) is 4.22. The summed E-state index contributed by atoms with van der Waals surface area (Å²) in [7, 11) is 0. The molecular weight excluding hydrogens is 377 g/mol. The van der Waals surface area contributed by atoms with Crippen molar-refractivity contribution in [3.63, 3.8) is 0 Å². The topological polar surface area (TPSA) is 75.9 Å². The van der Waals surface area contributed by atoms with E-state index >= 15 is 0 Å². The lowest BCUT2D eigenvalue weighted by atomic mass is 9.90. The minimum absolute atomic E-state index is 0.0890. The number of likely N-dealkylation sites (tertiary alicyclic amines) is 1. The van der Waals surface area contributed by atoms with Crippen LogP contribution in [0.2, 0.25) is 0 Å². The Hall–Kier alpha value is -2.74. The van der Waals surface area contributed by atoms with Gasteiger partial charge in [0.05, 0.1) is 13.1 Å². The molecule has 1 atom stereocenters. The van der Waals surface area contributed by atoms with Gasteiger partial charge in [-0.05, 0) is 43.9 Å². The Morgan fingerprint density at radius 3 is 2.90 bits per heavy atom. The van der Waals surface area contributed by atoms with Gasteiger partial charge in [-0.1, -0.05) is 11.2 Å². The molecule has 1 saturated carbocycles. The van der Waals surface area contributed by atoms with E-state index in [0.29, 0.717) is 30.4 Å². The van der Waals surface area contributed by atoms with Crippen molar-refractivity contribution >= 4 is 17.5 Å². The van der Waals surface area contributed by atoms with Crippen LogP contribution in [0.25, 0.3) is 0 Å². The number of carbonyl (C=O) groups is 2. The van der Waals surface area contributed by atoms with E-state index in [1.165, 1.54) is 12.1 Å². The molecule has 0 radical (unpaired) electrons. The van der Waals surface area contributed by atoms with Crippen molar-refractivity contribution in [2.24, 2.45) is 0 Å². The van der Waals surface area contributed by atoms with Crippen molar-refractivity contribution in [3.8, 4) is 0 Å². The van der Waals surface area contributed by atoms with Gasteiger partial charge in [0.25, 0.3) is 11.8 Å². The lowest BCUT2D eigenvalue weighted by molar-refractivity contribution is -0.144. The first-order chi connectivity index (χ1) is 14.0. The van der Waals surface area contributed by atoms with E-state index in [4.69, 9.17) is 9.26 Å². The molecule has 8 heteroatoms. The fraction of sp³-hybridized carbons (Fsp3) is 0.476. The first kappa shape index (κ1) is 18.3. The van der Waals surface area contributed by atoms with Crippen molar-refractivity contribution in [3.05, 3.63) is 47.6 Å². The van der Waals surface area contributed by atoms with Crippen LogP contribution < -0.4 is 4.90 Å². The minimum atomic E-state index is -0.669. The molecule has 2 saturated heterocycles. The summed E-state index contributed by atoms with van der Waals surface area (Å²) in [5, 5.41) is 3.96. The molecule has 3 fully saturated rings. The number of hydrogen-bond donors (Lipinski definition) is 0. The molecule has 1 unspecified atom stereocenters. The van der Waals surface area contributed by atoms with Crippen LogP contribution in [0.1, 0.15) is 47.8 Å². The molecule has 3 aliphatic rings. The van der Waals surface area contributed by atoms with Crippen molar-refractivity contribution in [2.45, 2.75) is 37.2 Å². The number of ether oxygens (including phenoxy) is 1. The summed E-state index contributed by atoms with van der Waals surface area (Å²) in [4.78, 5) is 28.7. The van der Waals surface area contributed by atoms with Gasteiger partial charge < -0.3 is 19.1 Å². The molecule has 1 aliphatic carbocycles. The van der Waals surface area contributed by atoms with Crippen molar-refractivity contribution < 1.29 is 23.2 Å². The Morgan fingerprint density at radius 1 is 1.24 bits per heavy atom. The van der Waals surface area contributed by atoms with Gasteiger partial charge in [0, 0.05) is 24.2 Å². The minimum Gasteiger partial charge on any atom is -0.361 e. The highest BCUT2D eigenvalue weighted by atomic mass is 19.1. The third kappa shape index (κ3) is 3.53. The summed E-state index contributed by atoms with van der Waals surface area (Å²) in [5.41, 5.74) is 0.154. The Kier molecular flexibility index (Phi) is 4.38. The number of anilines is 1. The summed E-state index contributed by atoms with van der Waals surface area (Å²) >= 11 is 0. The molecule has 0 N–H and O–H groups in total. The molecule has 2 aromatic rings. The predicted octanol–water partition coefficient (Wildman–Crippen LogP) is 2.73. The Bertz CT molecular complexity index is 957. The number of aromatic nitrogens is 1. The second-order valence-corrected chi connectivity index (χ2v) is 8.15. The van der Waals surface area contributed by atoms with Crippen LogP contribution in [-0.4, -0.2) is 53.7 Å². The van der Waals surface area contributed by atoms with Gasteiger partial charge in [-0.3, -0.25) is 9.59 Å². The lowest BCUT2D eigenvalue weighted by Crippen LogP contribution is -2.62. The second-order valence-electron chi connectivity index (χ2n) is 8.15. The van der Waals surface area contributed by atoms with Gasteiger partial charge >= 0.3 is 0 Å². The molecule has 1 spiro atoms. The van der Waals surface area contributed by atoms with Crippen molar-refractivity contribution in [1.82, 2.24) is 10.1 Å². The second kappa shape index (κ2) is 6.95. The smallest absolute Gasteiger partial charge is 0.276 e. The maximum Gasteiger partial charge on any atom is 0.276 e. The normalized spacial score (nSPS) is 24.9. The highest BCUT2D eigenvalue weighted by Crippen LogP contribution is 2.40. The summed E-state index contributed by atoms with van der Waals surface area (Å²) in [5.74, 6) is 0.378. The highest BCUT2D eigenvalue weighted by molar-refractivity contribution is 5.95. The maximum atomic E-state index is 13.7. The number of benzene rings is 1. The summed E-state index contributed by atoms with van der Waals surface area (Å²) in [6.07, 6.45) is 3.63. The van der Waals surface area contributed by atoms with E-state index in [1.807, 2.05) is 0 Å². The van der Waals surface area contributed by atoms with Crippen LogP contribution in [0.15, 0.2) is 34.9 Å². The molecule has 1 aromatic carbocycles. The molecule has 2 aliphatic heterocycles. The highest BCUT2D eigenvalue weighted by Gasteiger charge is 2.45. The Labute approximate surface area is 167 Å². The molecule has 1 aromatic heterocycles. The third-order valence-corrected chi connectivity index (χ3v) is 5.92. The van der Waals surface area contributed by atoms with Gasteiger partial charge in [0.1, 0.15) is 23.8 Å². The zero-order chi connectivity index (χ0) is 20.0. The van der Waals surface area contributed by atoms with E-state index in [0.717, 1.165) is 31.4 Å². The SMILES string of the molecule is O=C(c1cc(C2CC2)on1)N1CCCC2(C1)CN(c1cccc(F)c1)C(=O)CO2. The summed E-state index contributed by atoms with van der Waals surface area (Å²) < 4.78 is 24.9. The number of piperidine rings is 1. The zero-order valence-corrected chi connectivity index (χ0v) is 16.0. The summed E-state index contributed by atoms with van der Waals surface area (Å²) in [6, 6.07) is 7.72. The van der Waals surface area contributed by atoms with Crippen molar-refractivity contribution in [1.29, 1.82) is 0 Å². The maximum absolute atomic E-state index is 13.7.